The molecule has 142 valence electrons. The Morgan fingerprint density at radius 3 is 2.63 bits per heavy atom. The number of fused-ring (bicyclic) bond motifs is 1. The SMILES string of the molecule is Cc1onc2c(F)c(Nc3ccc(Br)cc3F)c(NS(=O)(=O)C3CC3)cc12. The molecule has 1 fully saturated rings. The van der Waals surface area contributed by atoms with Crippen LogP contribution in [0.4, 0.5) is 25.8 Å². The number of hydrogen-bond acceptors (Lipinski definition) is 5. The molecule has 0 amide bonds. The van der Waals surface area contributed by atoms with E-state index in [1.165, 1.54) is 18.2 Å². The summed E-state index contributed by atoms with van der Waals surface area (Å²) in [4.78, 5) is 0. The van der Waals surface area contributed by atoms with Gasteiger partial charge in [0.25, 0.3) is 0 Å². The molecule has 0 atom stereocenters. The Morgan fingerprint density at radius 1 is 1.22 bits per heavy atom. The maximum Gasteiger partial charge on any atom is 0.235 e. The normalized spacial score (nSPS) is 14.5. The van der Waals surface area contributed by atoms with Gasteiger partial charge >= 0.3 is 0 Å². The zero-order valence-electron chi connectivity index (χ0n) is 14.0. The Labute approximate surface area is 162 Å². The number of aryl methyl sites for hydroxylation is 1. The molecule has 0 saturated heterocycles. The molecule has 0 radical (unpaired) electrons. The third-order valence-electron chi connectivity index (χ3n) is 4.30. The van der Waals surface area contributed by atoms with Gasteiger partial charge in [-0.25, -0.2) is 17.2 Å². The van der Waals surface area contributed by atoms with Crippen LogP contribution in [0, 0.1) is 18.6 Å². The zero-order valence-corrected chi connectivity index (χ0v) is 16.4. The van der Waals surface area contributed by atoms with Gasteiger partial charge < -0.3 is 9.84 Å². The zero-order chi connectivity index (χ0) is 19.3. The molecule has 0 spiro atoms. The van der Waals surface area contributed by atoms with Crippen molar-refractivity contribution in [3.05, 3.63) is 46.1 Å². The molecule has 0 aliphatic heterocycles. The van der Waals surface area contributed by atoms with Crippen LogP contribution in [0.1, 0.15) is 18.6 Å². The Hall–Kier alpha value is -2.20. The van der Waals surface area contributed by atoms with Crippen LogP contribution in [-0.2, 0) is 10.0 Å². The lowest BCUT2D eigenvalue weighted by molar-refractivity contribution is 0.403. The molecule has 2 aromatic carbocycles. The first-order valence-electron chi connectivity index (χ1n) is 8.08. The molecular formula is C17H14BrF2N3O3S. The van der Waals surface area contributed by atoms with Crippen molar-refractivity contribution in [3.8, 4) is 0 Å². The number of anilines is 3. The van der Waals surface area contributed by atoms with Crippen molar-refractivity contribution >= 4 is 53.9 Å². The van der Waals surface area contributed by atoms with Gasteiger partial charge in [-0.15, -0.1) is 0 Å². The van der Waals surface area contributed by atoms with Crippen molar-refractivity contribution < 1.29 is 21.7 Å². The van der Waals surface area contributed by atoms with Crippen LogP contribution in [0.3, 0.4) is 0 Å². The van der Waals surface area contributed by atoms with Crippen molar-refractivity contribution in [1.82, 2.24) is 5.16 Å². The number of benzene rings is 2. The molecule has 2 N–H and O–H groups in total. The first kappa shape index (κ1) is 18.2. The van der Waals surface area contributed by atoms with Crippen LogP contribution in [0.2, 0.25) is 0 Å². The van der Waals surface area contributed by atoms with E-state index < -0.39 is 26.9 Å². The third-order valence-corrected chi connectivity index (χ3v) is 6.65. The summed E-state index contributed by atoms with van der Waals surface area (Å²) in [6.45, 7) is 1.59. The van der Waals surface area contributed by atoms with Crippen molar-refractivity contribution in [1.29, 1.82) is 0 Å². The summed E-state index contributed by atoms with van der Waals surface area (Å²) in [6.07, 6.45) is 1.10. The van der Waals surface area contributed by atoms with Crippen LogP contribution < -0.4 is 10.0 Å². The van der Waals surface area contributed by atoms with Crippen molar-refractivity contribution in [2.24, 2.45) is 0 Å². The molecule has 0 unspecified atom stereocenters. The van der Waals surface area contributed by atoms with Crippen LogP contribution >= 0.6 is 15.9 Å². The van der Waals surface area contributed by atoms with Gasteiger partial charge in [-0.2, -0.15) is 0 Å². The minimum absolute atomic E-state index is 0.0106. The smallest absolute Gasteiger partial charge is 0.235 e. The van der Waals surface area contributed by atoms with Gasteiger partial charge in [0.15, 0.2) is 11.3 Å². The number of hydrogen-bond donors (Lipinski definition) is 2. The molecule has 3 aromatic rings. The fourth-order valence-corrected chi connectivity index (χ4v) is 4.43. The maximum atomic E-state index is 15.1. The number of nitrogens with zero attached hydrogens (tertiary/aromatic N) is 1. The van der Waals surface area contributed by atoms with Gasteiger partial charge in [0, 0.05) is 9.86 Å². The lowest BCUT2D eigenvalue weighted by Gasteiger charge is -2.16. The van der Waals surface area contributed by atoms with Crippen LogP contribution in [0.15, 0.2) is 33.3 Å². The van der Waals surface area contributed by atoms with E-state index in [1.54, 1.807) is 13.0 Å². The summed E-state index contributed by atoms with van der Waals surface area (Å²) in [5, 5.41) is 6.15. The van der Waals surface area contributed by atoms with E-state index in [2.05, 4.69) is 31.1 Å². The number of sulfonamides is 1. The van der Waals surface area contributed by atoms with Gasteiger partial charge in [0.1, 0.15) is 17.3 Å². The Bertz CT molecular complexity index is 1160. The molecule has 10 heteroatoms. The molecule has 4 rings (SSSR count). The average molecular weight is 458 g/mol. The molecule has 0 bridgehead atoms. The highest BCUT2D eigenvalue weighted by molar-refractivity contribution is 9.10. The number of aromatic nitrogens is 1. The van der Waals surface area contributed by atoms with Crippen LogP contribution in [-0.4, -0.2) is 18.8 Å². The number of nitrogens with one attached hydrogen (secondary N) is 2. The second-order valence-electron chi connectivity index (χ2n) is 6.34. The van der Waals surface area contributed by atoms with E-state index >= 15 is 4.39 Å². The summed E-state index contributed by atoms with van der Waals surface area (Å²) in [5.41, 5.74) is -0.327. The predicted molar refractivity (Wildman–Crippen MR) is 102 cm³/mol. The van der Waals surface area contributed by atoms with E-state index in [4.69, 9.17) is 4.52 Å². The second-order valence-corrected chi connectivity index (χ2v) is 9.22. The lowest BCUT2D eigenvalue weighted by Crippen LogP contribution is -2.18. The monoisotopic (exact) mass is 457 g/mol. The van der Waals surface area contributed by atoms with E-state index in [-0.39, 0.29) is 22.6 Å². The summed E-state index contributed by atoms with van der Waals surface area (Å²) in [6, 6.07) is 5.64. The summed E-state index contributed by atoms with van der Waals surface area (Å²) < 4.78 is 62.0. The highest BCUT2D eigenvalue weighted by atomic mass is 79.9. The average Bonchev–Trinajstić information content (AvgIpc) is 3.39. The summed E-state index contributed by atoms with van der Waals surface area (Å²) >= 11 is 3.15. The first-order valence-corrected chi connectivity index (χ1v) is 10.4. The first-order chi connectivity index (χ1) is 12.8. The van der Waals surface area contributed by atoms with Gasteiger partial charge in [0.05, 0.1) is 16.6 Å². The largest absolute Gasteiger partial charge is 0.360 e. The van der Waals surface area contributed by atoms with Crippen molar-refractivity contribution in [2.75, 3.05) is 10.0 Å². The quantitative estimate of drug-likeness (QED) is 0.573. The standard InChI is InChI=1S/C17H14BrF2N3O3S/c1-8-11-7-14(23-27(24,25)10-3-4-10)17(15(20)16(11)22-26-8)21-13-5-2-9(18)6-12(13)19/h2,5-7,10,21,23H,3-4H2,1H3. The van der Waals surface area contributed by atoms with Gasteiger partial charge in [0.2, 0.25) is 10.0 Å². The van der Waals surface area contributed by atoms with Crippen LogP contribution in [0.25, 0.3) is 10.9 Å². The molecule has 1 aromatic heterocycles. The molecule has 27 heavy (non-hydrogen) atoms. The molecule has 6 nitrogen and oxygen atoms in total. The Kier molecular flexibility index (Phi) is 4.34. The number of halogens is 3. The van der Waals surface area contributed by atoms with Gasteiger partial charge in [-0.1, -0.05) is 21.1 Å². The second kappa shape index (κ2) is 6.45. The van der Waals surface area contributed by atoms with Crippen molar-refractivity contribution in [2.45, 2.75) is 25.0 Å². The number of rotatable bonds is 5. The summed E-state index contributed by atoms with van der Waals surface area (Å²) in [5.74, 6) is -1.12. The minimum Gasteiger partial charge on any atom is -0.360 e. The Morgan fingerprint density at radius 2 is 1.96 bits per heavy atom. The van der Waals surface area contributed by atoms with Crippen molar-refractivity contribution in [3.63, 3.8) is 0 Å². The van der Waals surface area contributed by atoms with Gasteiger partial charge in [-0.3, -0.25) is 4.72 Å². The Balaban J connectivity index is 1.85. The van der Waals surface area contributed by atoms with Gasteiger partial charge in [-0.05, 0) is 44.0 Å². The van der Waals surface area contributed by atoms with E-state index in [0.29, 0.717) is 28.5 Å². The molecule has 1 saturated carbocycles. The molecule has 1 aliphatic rings. The minimum atomic E-state index is -3.66. The molecular weight excluding hydrogens is 444 g/mol. The summed E-state index contributed by atoms with van der Waals surface area (Å²) in [7, 11) is -3.66. The highest BCUT2D eigenvalue weighted by Crippen LogP contribution is 2.38. The lowest BCUT2D eigenvalue weighted by atomic mass is 10.1. The third kappa shape index (κ3) is 3.39. The fraction of sp³-hybridized carbons (Fsp3) is 0.235. The highest BCUT2D eigenvalue weighted by Gasteiger charge is 2.36. The van der Waals surface area contributed by atoms with E-state index in [1.807, 2.05) is 0 Å². The van der Waals surface area contributed by atoms with E-state index in [9.17, 15) is 12.8 Å². The van der Waals surface area contributed by atoms with E-state index in [0.717, 1.165) is 0 Å². The predicted octanol–water partition coefficient (Wildman–Crippen LogP) is 4.82. The topological polar surface area (TPSA) is 84.2 Å². The molecule has 1 heterocycles. The fourth-order valence-electron chi connectivity index (χ4n) is 2.70. The maximum absolute atomic E-state index is 15.1. The van der Waals surface area contributed by atoms with Crippen LogP contribution in [0.5, 0.6) is 0 Å². The molecule has 1 aliphatic carbocycles.